The topological polar surface area (TPSA) is 61.7 Å². The summed E-state index contributed by atoms with van der Waals surface area (Å²) in [7, 11) is 0. The van der Waals surface area contributed by atoms with Gasteiger partial charge in [0.15, 0.2) is 5.17 Å². The molecule has 2 N–H and O–H groups in total. The molecule has 1 amide bonds. The Morgan fingerprint density at radius 1 is 1.17 bits per heavy atom. The highest BCUT2D eigenvalue weighted by Gasteiger charge is 2.23. The van der Waals surface area contributed by atoms with E-state index in [0.29, 0.717) is 26.3 Å². The van der Waals surface area contributed by atoms with Gasteiger partial charge in [-0.1, -0.05) is 29.3 Å². The third-order valence-corrected chi connectivity index (χ3v) is 5.50. The maximum Gasteiger partial charge on any atom is 0.264 e. The second-order valence-corrected chi connectivity index (χ2v) is 7.49. The molecule has 1 fully saturated rings. The molecule has 0 bridgehead atoms. The number of phenols is 1. The Labute approximate surface area is 160 Å². The van der Waals surface area contributed by atoms with E-state index in [4.69, 9.17) is 23.2 Å². The van der Waals surface area contributed by atoms with Crippen LogP contribution in [0.2, 0.25) is 10.0 Å². The van der Waals surface area contributed by atoms with E-state index >= 15 is 0 Å². The number of halogens is 3. The van der Waals surface area contributed by atoms with E-state index in [1.54, 1.807) is 36.4 Å². The first kappa shape index (κ1) is 17.4. The van der Waals surface area contributed by atoms with E-state index in [0.717, 1.165) is 4.47 Å². The predicted molar refractivity (Wildman–Crippen MR) is 103 cm³/mol. The maximum absolute atomic E-state index is 12.1. The lowest BCUT2D eigenvalue weighted by Gasteiger charge is -1.99. The minimum atomic E-state index is -0.244. The summed E-state index contributed by atoms with van der Waals surface area (Å²) in [5.41, 5.74) is 1.35. The lowest BCUT2D eigenvalue weighted by Crippen LogP contribution is -2.19. The smallest absolute Gasteiger partial charge is 0.264 e. The molecule has 24 heavy (non-hydrogen) atoms. The van der Waals surface area contributed by atoms with Crippen LogP contribution in [0, 0.1) is 0 Å². The van der Waals surface area contributed by atoms with Crippen LogP contribution in [-0.4, -0.2) is 16.2 Å². The zero-order valence-electron chi connectivity index (χ0n) is 11.9. The van der Waals surface area contributed by atoms with Gasteiger partial charge in [-0.3, -0.25) is 4.79 Å². The second kappa shape index (κ2) is 7.19. The van der Waals surface area contributed by atoms with Crippen molar-refractivity contribution in [2.24, 2.45) is 4.99 Å². The highest BCUT2D eigenvalue weighted by molar-refractivity contribution is 9.10. The molecule has 122 valence electrons. The molecule has 2 aromatic rings. The van der Waals surface area contributed by atoms with Crippen LogP contribution in [0.15, 0.2) is 50.8 Å². The standard InChI is InChI=1S/C16H9BrCl2N2O2S/c17-10-3-2-9(7-11(10)18)20-16-21-15(23)14(24-16)6-8-1-4-13(22)12(19)5-8/h1-7,22H,(H,20,21,23)/b14-6-. The van der Waals surface area contributed by atoms with Crippen LogP contribution in [0.5, 0.6) is 5.75 Å². The normalized spacial score (nSPS) is 17.5. The monoisotopic (exact) mass is 442 g/mol. The van der Waals surface area contributed by atoms with Crippen LogP contribution < -0.4 is 5.32 Å². The van der Waals surface area contributed by atoms with Crippen molar-refractivity contribution < 1.29 is 9.90 Å². The molecular formula is C16H9BrCl2N2O2S. The Morgan fingerprint density at radius 2 is 1.96 bits per heavy atom. The fourth-order valence-electron chi connectivity index (χ4n) is 1.92. The molecule has 0 aromatic heterocycles. The first-order valence-corrected chi connectivity index (χ1v) is 9.02. The molecule has 0 aliphatic carbocycles. The SMILES string of the molecule is O=C1NC(=Nc2ccc(Br)c(Cl)c2)S/C1=C\c1ccc(O)c(Cl)c1. The van der Waals surface area contributed by atoms with Gasteiger partial charge in [-0.2, -0.15) is 0 Å². The van der Waals surface area contributed by atoms with Gasteiger partial charge >= 0.3 is 0 Å². The molecule has 0 atom stereocenters. The zero-order valence-corrected chi connectivity index (χ0v) is 15.8. The summed E-state index contributed by atoms with van der Waals surface area (Å²) in [5.74, 6) is -0.247. The van der Waals surface area contributed by atoms with Crippen molar-refractivity contribution in [3.63, 3.8) is 0 Å². The van der Waals surface area contributed by atoms with Gasteiger partial charge in [-0.15, -0.1) is 0 Å². The number of phenolic OH excluding ortho intramolecular Hbond substituents is 1. The summed E-state index contributed by atoms with van der Waals surface area (Å²) in [6.45, 7) is 0. The summed E-state index contributed by atoms with van der Waals surface area (Å²) in [5, 5.41) is 13.4. The number of carbonyl (C=O) groups excluding carboxylic acids is 1. The minimum Gasteiger partial charge on any atom is -0.506 e. The Balaban J connectivity index is 1.84. The second-order valence-electron chi connectivity index (χ2n) is 4.79. The van der Waals surface area contributed by atoms with E-state index in [-0.39, 0.29) is 16.7 Å². The van der Waals surface area contributed by atoms with Crippen LogP contribution in [0.1, 0.15) is 5.56 Å². The number of nitrogens with zero attached hydrogens (tertiary/aromatic N) is 1. The molecule has 1 saturated heterocycles. The molecule has 1 heterocycles. The van der Waals surface area contributed by atoms with E-state index in [1.165, 1.54) is 17.8 Å². The molecule has 1 aliphatic heterocycles. The summed E-state index contributed by atoms with van der Waals surface area (Å²) >= 11 is 16.4. The van der Waals surface area contributed by atoms with Gasteiger partial charge in [0.05, 0.1) is 20.6 Å². The number of carbonyl (C=O) groups is 1. The zero-order chi connectivity index (χ0) is 17.3. The van der Waals surface area contributed by atoms with Crippen molar-refractivity contribution in [2.75, 3.05) is 0 Å². The molecule has 8 heteroatoms. The summed E-state index contributed by atoms with van der Waals surface area (Å²) in [4.78, 5) is 16.9. The van der Waals surface area contributed by atoms with Gasteiger partial charge in [-0.05, 0) is 69.7 Å². The molecular weight excluding hydrogens is 435 g/mol. The van der Waals surface area contributed by atoms with Gasteiger partial charge in [0.1, 0.15) is 5.75 Å². The van der Waals surface area contributed by atoms with Crippen molar-refractivity contribution in [3.05, 3.63) is 61.4 Å². The van der Waals surface area contributed by atoms with E-state index < -0.39 is 0 Å². The number of aliphatic imine (C=N–C) groups is 1. The Hall–Kier alpha value is -1.47. The van der Waals surface area contributed by atoms with Crippen molar-refractivity contribution in [1.29, 1.82) is 0 Å². The predicted octanol–water partition coefficient (Wildman–Crippen LogP) is 5.35. The Morgan fingerprint density at radius 3 is 2.67 bits per heavy atom. The van der Waals surface area contributed by atoms with Gasteiger partial charge in [0, 0.05) is 4.47 Å². The highest BCUT2D eigenvalue weighted by Crippen LogP contribution is 2.32. The van der Waals surface area contributed by atoms with Crippen LogP contribution in [-0.2, 0) is 4.79 Å². The van der Waals surface area contributed by atoms with Crippen molar-refractivity contribution in [1.82, 2.24) is 5.32 Å². The summed E-state index contributed by atoms with van der Waals surface area (Å²) in [6, 6.07) is 10.0. The summed E-state index contributed by atoms with van der Waals surface area (Å²) < 4.78 is 0.779. The van der Waals surface area contributed by atoms with Crippen LogP contribution in [0.3, 0.4) is 0 Å². The van der Waals surface area contributed by atoms with E-state index in [1.807, 2.05) is 0 Å². The third-order valence-electron chi connectivity index (χ3n) is 3.05. The quantitative estimate of drug-likeness (QED) is 0.614. The lowest BCUT2D eigenvalue weighted by molar-refractivity contribution is -0.115. The fraction of sp³-hybridized carbons (Fsp3) is 0. The van der Waals surface area contributed by atoms with Crippen LogP contribution in [0.25, 0.3) is 6.08 Å². The highest BCUT2D eigenvalue weighted by atomic mass is 79.9. The largest absolute Gasteiger partial charge is 0.506 e. The molecule has 0 unspecified atom stereocenters. The number of thioether (sulfide) groups is 1. The lowest BCUT2D eigenvalue weighted by atomic mass is 10.2. The Bertz CT molecular complexity index is 900. The molecule has 1 aliphatic rings. The first-order valence-electron chi connectivity index (χ1n) is 6.65. The molecule has 2 aromatic carbocycles. The van der Waals surface area contributed by atoms with Crippen LogP contribution in [0.4, 0.5) is 5.69 Å². The first-order chi connectivity index (χ1) is 11.4. The fourth-order valence-corrected chi connectivity index (χ4v) is 3.37. The molecule has 0 radical (unpaired) electrons. The number of nitrogens with one attached hydrogen (secondary N) is 1. The Kier molecular flexibility index (Phi) is 5.20. The average Bonchev–Trinajstić information content (AvgIpc) is 2.86. The maximum atomic E-state index is 12.1. The molecule has 0 saturated carbocycles. The minimum absolute atomic E-state index is 0.00304. The number of benzene rings is 2. The summed E-state index contributed by atoms with van der Waals surface area (Å²) in [6.07, 6.45) is 1.68. The van der Waals surface area contributed by atoms with Gasteiger partial charge in [0.2, 0.25) is 0 Å². The molecule has 3 rings (SSSR count). The van der Waals surface area contributed by atoms with E-state index in [2.05, 4.69) is 26.2 Å². The number of amidine groups is 1. The van der Waals surface area contributed by atoms with Crippen LogP contribution >= 0.6 is 50.9 Å². The number of hydrogen-bond acceptors (Lipinski definition) is 4. The van der Waals surface area contributed by atoms with Crippen molar-refractivity contribution in [3.8, 4) is 5.75 Å². The number of hydrogen-bond donors (Lipinski definition) is 2. The third kappa shape index (κ3) is 3.95. The average molecular weight is 444 g/mol. The van der Waals surface area contributed by atoms with Crippen molar-refractivity contribution >= 4 is 73.7 Å². The number of rotatable bonds is 2. The molecule has 4 nitrogen and oxygen atoms in total. The van der Waals surface area contributed by atoms with Gasteiger partial charge < -0.3 is 10.4 Å². The number of amides is 1. The van der Waals surface area contributed by atoms with E-state index in [9.17, 15) is 9.90 Å². The molecule has 0 spiro atoms. The van der Waals surface area contributed by atoms with Gasteiger partial charge in [-0.25, -0.2) is 4.99 Å². The van der Waals surface area contributed by atoms with Gasteiger partial charge in [0.25, 0.3) is 5.91 Å². The van der Waals surface area contributed by atoms with Crippen molar-refractivity contribution in [2.45, 2.75) is 0 Å². The number of aromatic hydroxyl groups is 1.